The fourth-order valence-corrected chi connectivity index (χ4v) is 2.19. The fourth-order valence-electron chi connectivity index (χ4n) is 1.98. The molecule has 0 saturated carbocycles. The van der Waals surface area contributed by atoms with Crippen molar-refractivity contribution in [1.29, 1.82) is 0 Å². The first-order valence-electron chi connectivity index (χ1n) is 6.35. The zero-order valence-corrected chi connectivity index (χ0v) is 11.9. The summed E-state index contributed by atoms with van der Waals surface area (Å²) < 4.78 is 0. The number of aliphatic hydroxyl groups excluding tert-OH is 1. The molecule has 1 atom stereocenters. The molecule has 0 bridgehead atoms. The maximum Gasteiger partial charge on any atom is 0.253 e. The second-order valence-electron chi connectivity index (χ2n) is 4.56. The number of amides is 1. The van der Waals surface area contributed by atoms with Crippen molar-refractivity contribution >= 4 is 17.5 Å². The molecule has 0 heterocycles. The SMILES string of the molecule is Cc1cccc(C(=O)N[C@H](CO)c2ccccc2)c1Cl. The van der Waals surface area contributed by atoms with E-state index in [9.17, 15) is 9.90 Å². The standard InChI is InChI=1S/C16H16ClNO2/c1-11-6-5-9-13(15(11)17)16(20)18-14(10-19)12-7-3-2-4-8-12/h2-9,14,19H,10H2,1H3,(H,18,20)/t14-/m1/s1. The highest BCUT2D eigenvalue weighted by molar-refractivity contribution is 6.34. The number of nitrogens with one attached hydrogen (secondary N) is 1. The lowest BCUT2D eigenvalue weighted by Crippen LogP contribution is -2.31. The van der Waals surface area contributed by atoms with Crippen molar-refractivity contribution in [1.82, 2.24) is 5.32 Å². The highest BCUT2D eigenvalue weighted by Crippen LogP contribution is 2.21. The molecule has 104 valence electrons. The van der Waals surface area contributed by atoms with Gasteiger partial charge in [0.1, 0.15) is 0 Å². The van der Waals surface area contributed by atoms with Crippen LogP contribution in [-0.2, 0) is 0 Å². The molecule has 0 spiro atoms. The lowest BCUT2D eigenvalue weighted by Gasteiger charge is -2.17. The molecule has 0 aliphatic heterocycles. The molecule has 2 aromatic rings. The third-order valence-electron chi connectivity index (χ3n) is 3.13. The Bertz CT molecular complexity index is 599. The van der Waals surface area contributed by atoms with Crippen molar-refractivity contribution in [3.05, 3.63) is 70.2 Å². The van der Waals surface area contributed by atoms with Gasteiger partial charge >= 0.3 is 0 Å². The van der Waals surface area contributed by atoms with E-state index in [0.717, 1.165) is 11.1 Å². The second-order valence-corrected chi connectivity index (χ2v) is 4.93. The zero-order valence-electron chi connectivity index (χ0n) is 11.1. The highest BCUT2D eigenvalue weighted by Gasteiger charge is 2.17. The van der Waals surface area contributed by atoms with Crippen molar-refractivity contribution in [2.75, 3.05) is 6.61 Å². The van der Waals surface area contributed by atoms with Crippen molar-refractivity contribution in [2.24, 2.45) is 0 Å². The van der Waals surface area contributed by atoms with Crippen LogP contribution in [0.25, 0.3) is 0 Å². The normalized spacial score (nSPS) is 11.9. The summed E-state index contributed by atoms with van der Waals surface area (Å²) >= 11 is 6.14. The minimum absolute atomic E-state index is 0.167. The largest absolute Gasteiger partial charge is 0.394 e. The van der Waals surface area contributed by atoms with Crippen LogP contribution in [0.3, 0.4) is 0 Å². The summed E-state index contributed by atoms with van der Waals surface area (Å²) in [5, 5.41) is 12.7. The van der Waals surface area contributed by atoms with E-state index in [-0.39, 0.29) is 12.5 Å². The van der Waals surface area contributed by atoms with E-state index >= 15 is 0 Å². The Morgan fingerprint density at radius 2 is 1.90 bits per heavy atom. The monoisotopic (exact) mass is 289 g/mol. The number of carbonyl (C=O) groups is 1. The average molecular weight is 290 g/mol. The molecule has 0 aliphatic rings. The Balaban J connectivity index is 2.20. The van der Waals surface area contributed by atoms with Gasteiger partial charge in [0.15, 0.2) is 0 Å². The van der Waals surface area contributed by atoms with Gasteiger partial charge in [-0.15, -0.1) is 0 Å². The summed E-state index contributed by atoms with van der Waals surface area (Å²) in [4.78, 5) is 12.3. The maximum absolute atomic E-state index is 12.3. The van der Waals surface area contributed by atoms with Crippen molar-refractivity contribution < 1.29 is 9.90 Å². The van der Waals surface area contributed by atoms with Gasteiger partial charge < -0.3 is 10.4 Å². The van der Waals surface area contributed by atoms with Gasteiger partial charge in [-0.3, -0.25) is 4.79 Å². The first-order valence-corrected chi connectivity index (χ1v) is 6.73. The van der Waals surface area contributed by atoms with Gasteiger partial charge in [0, 0.05) is 0 Å². The van der Waals surface area contributed by atoms with Crippen LogP contribution in [0.5, 0.6) is 0 Å². The Labute approximate surface area is 123 Å². The molecule has 2 rings (SSSR count). The number of benzene rings is 2. The van der Waals surface area contributed by atoms with Crippen LogP contribution in [0, 0.1) is 6.92 Å². The van der Waals surface area contributed by atoms with Crippen LogP contribution in [0.2, 0.25) is 5.02 Å². The van der Waals surface area contributed by atoms with Gasteiger partial charge in [-0.1, -0.05) is 54.1 Å². The lowest BCUT2D eigenvalue weighted by atomic mass is 10.1. The molecule has 1 amide bonds. The van der Waals surface area contributed by atoms with Gasteiger partial charge in [0.2, 0.25) is 0 Å². The Hall–Kier alpha value is -1.84. The number of aliphatic hydroxyl groups is 1. The zero-order chi connectivity index (χ0) is 14.5. The van der Waals surface area contributed by atoms with E-state index in [1.165, 1.54) is 0 Å². The average Bonchev–Trinajstić information content (AvgIpc) is 2.48. The van der Waals surface area contributed by atoms with Gasteiger partial charge in [0.25, 0.3) is 5.91 Å². The Morgan fingerprint density at radius 3 is 2.55 bits per heavy atom. The molecule has 20 heavy (non-hydrogen) atoms. The van der Waals surface area contributed by atoms with Gasteiger partial charge in [-0.2, -0.15) is 0 Å². The molecule has 0 radical (unpaired) electrons. The van der Waals surface area contributed by atoms with Crippen molar-refractivity contribution in [2.45, 2.75) is 13.0 Å². The maximum atomic E-state index is 12.3. The lowest BCUT2D eigenvalue weighted by molar-refractivity contribution is 0.0916. The molecule has 2 N–H and O–H groups in total. The molecule has 2 aromatic carbocycles. The van der Waals surface area contributed by atoms with Crippen LogP contribution in [-0.4, -0.2) is 17.6 Å². The number of carbonyl (C=O) groups excluding carboxylic acids is 1. The van der Waals surface area contributed by atoms with E-state index < -0.39 is 6.04 Å². The van der Waals surface area contributed by atoms with Gasteiger partial charge in [-0.25, -0.2) is 0 Å². The molecular weight excluding hydrogens is 274 g/mol. The fraction of sp³-hybridized carbons (Fsp3) is 0.188. The van der Waals surface area contributed by atoms with E-state index in [1.807, 2.05) is 43.3 Å². The number of halogens is 1. The van der Waals surface area contributed by atoms with Crippen LogP contribution in [0.15, 0.2) is 48.5 Å². The molecule has 0 saturated heterocycles. The number of aryl methyl sites for hydroxylation is 1. The van der Waals surface area contributed by atoms with E-state index in [0.29, 0.717) is 10.6 Å². The van der Waals surface area contributed by atoms with Crippen molar-refractivity contribution in [3.63, 3.8) is 0 Å². The summed E-state index contributed by atoms with van der Waals surface area (Å²) in [7, 11) is 0. The van der Waals surface area contributed by atoms with Gasteiger partial charge in [-0.05, 0) is 24.1 Å². The molecule has 4 heteroatoms. The van der Waals surface area contributed by atoms with E-state index in [1.54, 1.807) is 12.1 Å². The van der Waals surface area contributed by atoms with Crippen LogP contribution in [0.4, 0.5) is 0 Å². The quantitative estimate of drug-likeness (QED) is 0.908. The summed E-state index contributed by atoms with van der Waals surface area (Å²) in [5.74, 6) is -0.290. The third-order valence-corrected chi connectivity index (χ3v) is 3.63. The Kier molecular flexibility index (Phi) is 4.77. The summed E-state index contributed by atoms with van der Waals surface area (Å²) in [6.45, 7) is 1.68. The molecule has 0 aromatic heterocycles. The smallest absolute Gasteiger partial charge is 0.253 e. The third kappa shape index (κ3) is 3.18. The first kappa shape index (κ1) is 14.6. The minimum Gasteiger partial charge on any atom is -0.394 e. The topological polar surface area (TPSA) is 49.3 Å². The van der Waals surface area contributed by atoms with Crippen molar-refractivity contribution in [3.8, 4) is 0 Å². The van der Waals surface area contributed by atoms with Crippen LogP contribution in [0.1, 0.15) is 27.5 Å². The first-order chi connectivity index (χ1) is 9.63. The van der Waals surface area contributed by atoms with E-state index in [2.05, 4.69) is 5.32 Å². The van der Waals surface area contributed by atoms with E-state index in [4.69, 9.17) is 11.6 Å². The molecule has 0 fully saturated rings. The predicted octanol–water partition coefficient (Wildman–Crippen LogP) is 3.11. The molecule has 0 aliphatic carbocycles. The molecule has 0 unspecified atom stereocenters. The Morgan fingerprint density at radius 1 is 1.20 bits per heavy atom. The second kappa shape index (κ2) is 6.55. The van der Waals surface area contributed by atoms with Crippen LogP contribution >= 0.6 is 11.6 Å². The molecular formula is C16H16ClNO2. The summed E-state index contributed by atoms with van der Waals surface area (Å²) in [6, 6.07) is 14.2. The number of hydrogen-bond donors (Lipinski definition) is 2. The predicted molar refractivity (Wildman–Crippen MR) is 79.9 cm³/mol. The highest BCUT2D eigenvalue weighted by atomic mass is 35.5. The molecule has 3 nitrogen and oxygen atoms in total. The summed E-state index contributed by atoms with van der Waals surface area (Å²) in [5.41, 5.74) is 2.12. The minimum atomic E-state index is -0.444. The summed E-state index contributed by atoms with van der Waals surface area (Å²) in [6.07, 6.45) is 0. The number of hydrogen-bond acceptors (Lipinski definition) is 2. The van der Waals surface area contributed by atoms with Gasteiger partial charge in [0.05, 0.1) is 23.2 Å². The van der Waals surface area contributed by atoms with Crippen LogP contribution < -0.4 is 5.32 Å². The number of rotatable bonds is 4.